The van der Waals surface area contributed by atoms with Crippen LogP contribution >= 0.6 is 0 Å². The normalized spacial score (nSPS) is 12.7. The lowest BCUT2D eigenvalue weighted by molar-refractivity contribution is -0.141. The molecule has 0 heterocycles. The summed E-state index contributed by atoms with van der Waals surface area (Å²) in [4.78, 5) is 21.3. The Morgan fingerprint density at radius 3 is 2.39 bits per heavy atom. The molecule has 18 heavy (non-hydrogen) atoms. The van der Waals surface area contributed by atoms with Crippen LogP contribution in [0.25, 0.3) is 0 Å². The van der Waals surface area contributed by atoms with Crippen molar-refractivity contribution in [1.82, 2.24) is 0 Å². The van der Waals surface area contributed by atoms with Gasteiger partial charge in [0.15, 0.2) is 0 Å². The van der Waals surface area contributed by atoms with Gasteiger partial charge in [0.2, 0.25) is 0 Å². The molecule has 0 aliphatic rings. The number of carbonyl (C=O) groups is 2. The molecule has 0 aromatic heterocycles. The van der Waals surface area contributed by atoms with Crippen molar-refractivity contribution in [3.05, 3.63) is 12.2 Å². The Balaban J connectivity index is 3.84. The SMILES string of the molecule is CCCCCCC=CC(CCCC(=O)O)C(=O)O. The molecular formula is C14H24O4. The highest BCUT2D eigenvalue weighted by Gasteiger charge is 2.13. The summed E-state index contributed by atoms with van der Waals surface area (Å²) in [5.41, 5.74) is 0. The van der Waals surface area contributed by atoms with E-state index >= 15 is 0 Å². The van der Waals surface area contributed by atoms with E-state index in [0.29, 0.717) is 12.8 Å². The summed E-state index contributed by atoms with van der Waals surface area (Å²) < 4.78 is 0. The Labute approximate surface area is 109 Å². The monoisotopic (exact) mass is 256 g/mol. The van der Waals surface area contributed by atoms with E-state index in [0.717, 1.165) is 12.8 Å². The van der Waals surface area contributed by atoms with Crippen LogP contribution < -0.4 is 0 Å². The third kappa shape index (κ3) is 9.87. The molecule has 0 aliphatic heterocycles. The third-order valence-corrected chi connectivity index (χ3v) is 2.82. The van der Waals surface area contributed by atoms with Crippen molar-refractivity contribution in [1.29, 1.82) is 0 Å². The second kappa shape index (κ2) is 10.8. The standard InChI is InChI=1S/C14H24O4/c1-2-3-4-5-6-7-9-12(14(17)18)10-8-11-13(15)16/h7,9,12H,2-6,8,10-11H2,1H3,(H,15,16)(H,17,18). The maximum absolute atomic E-state index is 10.9. The van der Waals surface area contributed by atoms with Gasteiger partial charge in [-0.3, -0.25) is 9.59 Å². The maximum Gasteiger partial charge on any atom is 0.310 e. The van der Waals surface area contributed by atoms with Gasteiger partial charge in [0, 0.05) is 6.42 Å². The van der Waals surface area contributed by atoms with Gasteiger partial charge in [-0.25, -0.2) is 0 Å². The molecule has 104 valence electrons. The molecule has 0 bridgehead atoms. The summed E-state index contributed by atoms with van der Waals surface area (Å²) in [5.74, 6) is -2.29. The summed E-state index contributed by atoms with van der Waals surface area (Å²) in [6.07, 6.45) is 10.0. The molecule has 0 radical (unpaired) electrons. The van der Waals surface area contributed by atoms with Gasteiger partial charge in [0.1, 0.15) is 0 Å². The highest BCUT2D eigenvalue weighted by molar-refractivity contribution is 5.72. The van der Waals surface area contributed by atoms with Gasteiger partial charge >= 0.3 is 11.9 Å². The first-order valence-electron chi connectivity index (χ1n) is 6.69. The lowest BCUT2D eigenvalue weighted by Crippen LogP contribution is -2.11. The van der Waals surface area contributed by atoms with Crippen molar-refractivity contribution in [2.45, 2.75) is 58.3 Å². The molecule has 0 aromatic carbocycles. The fourth-order valence-electron chi connectivity index (χ4n) is 1.72. The number of hydrogen-bond donors (Lipinski definition) is 2. The first-order chi connectivity index (χ1) is 8.57. The second-order valence-corrected chi connectivity index (χ2v) is 4.51. The van der Waals surface area contributed by atoms with Crippen LogP contribution in [0.2, 0.25) is 0 Å². The van der Waals surface area contributed by atoms with Crippen molar-refractivity contribution in [2.24, 2.45) is 5.92 Å². The summed E-state index contributed by atoms with van der Waals surface area (Å²) in [6.45, 7) is 2.15. The lowest BCUT2D eigenvalue weighted by Gasteiger charge is -2.06. The van der Waals surface area contributed by atoms with Crippen LogP contribution in [-0.2, 0) is 9.59 Å². The molecular weight excluding hydrogens is 232 g/mol. The highest BCUT2D eigenvalue weighted by atomic mass is 16.4. The van der Waals surface area contributed by atoms with Gasteiger partial charge in [-0.15, -0.1) is 0 Å². The number of aliphatic carboxylic acids is 2. The number of rotatable bonds is 11. The Morgan fingerprint density at radius 1 is 1.11 bits per heavy atom. The molecule has 0 rings (SSSR count). The number of carboxylic acids is 2. The van der Waals surface area contributed by atoms with Crippen LogP contribution in [-0.4, -0.2) is 22.2 Å². The molecule has 0 aliphatic carbocycles. The molecule has 0 spiro atoms. The molecule has 1 atom stereocenters. The predicted octanol–water partition coefficient (Wildman–Crippen LogP) is 3.47. The van der Waals surface area contributed by atoms with Crippen LogP contribution in [0.5, 0.6) is 0 Å². The van der Waals surface area contributed by atoms with Gasteiger partial charge in [-0.1, -0.05) is 38.3 Å². The molecule has 0 aromatic rings. The zero-order chi connectivity index (χ0) is 13.8. The highest BCUT2D eigenvalue weighted by Crippen LogP contribution is 2.12. The van der Waals surface area contributed by atoms with Gasteiger partial charge in [-0.2, -0.15) is 0 Å². The maximum atomic E-state index is 10.9. The Morgan fingerprint density at radius 2 is 1.83 bits per heavy atom. The second-order valence-electron chi connectivity index (χ2n) is 4.51. The van der Waals surface area contributed by atoms with Crippen molar-refractivity contribution in [3.8, 4) is 0 Å². The van der Waals surface area contributed by atoms with E-state index in [2.05, 4.69) is 6.92 Å². The van der Waals surface area contributed by atoms with Crippen LogP contribution in [0.1, 0.15) is 58.3 Å². The van der Waals surface area contributed by atoms with Crippen molar-refractivity contribution in [3.63, 3.8) is 0 Å². The fourth-order valence-corrected chi connectivity index (χ4v) is 1.72. The largest absolute Gasteiger partial charge is 0.481 e. The minimum Gasteiger partial charge on any atom is -0.481 e. The topological polar surface area (TPSA) is 74.6 Å². The number of carboxylic acid groups (broad SMARTS) is 2. The average Bonchev–Trinajstić information content (AvgIpc) is 2.30. The molecule has 1 unspecified atom stereocenters. The summed E-state index contributed by atoms with van der Waals surface area (Å²) in [6, 6.07) is 0. The predicted molar refractivity (Wildman–Crippen MR) is 70.5 cm³/mol. The number of hydrogen-bond acceptors (Lipinski definition) is 2. The third-order valence-electron chi connectivity index (χ3n) is 2.82. The van der Waals surface area contributed by atoms with Gasteiger partial charge in [0.25, 0.3) is 0 Å². The van der Waals surface area contributed by atoms with Crippen LogP contribution in [0.3, 0.4) is 0 Å². The van der Waals surface area contributed by atoms with Gasteiger partial charge < -0.3 is 10.2 Å². The van der Waals surface area contributed by atoms with E-state index in [4.69, 9.17) is 10.2 Å². The zero-order valence-corrected chi connectivity index (χ0v) is 11.1. The number of allylic oxidation sites excluding steroid dienone is 1. The first kappa shape index (κ1) is 16.7. The molecule has 0 saturated carbocycles. The molecule has 4 nitrogen and oxygen atoms in total. The Hall–Kier alpha value is -1.32. The van der Waals surface area contributed by atoms with Crippen LogP contribution in [0.15, 0.2) is 12.2 Å². The molecule has 0 fully saturated rings. The minimum absolute atomic E-state index is 0.0358. The van der Waals surface area contributed by atoms with Gasteiger partial charge in [0.05, 0.1) is 5.92 Å². The van der Waals surface area contributed by atoms with E-state index in [1.807, 2.05) is 6.08 Å². The summed E-state index contributed by atoms with van der Waals surface area (Å²) in [7, 11) is 0. The Kier molecular flexibility index (Phi) is 10.0. The number of unbranched alkanes of at least 4 members (excludes halogenated alkanes) is 4. The minimum atomic E-state index is -0.873. The van der Waals surface area contributed by atoms with Crippen molar-refractivity contribution < 1.29 is 19.8 Å². The van der Waals surface area contributed by atoms with E-state index in [1.165, 1.54) is 19.3 Å². The molecule has 2 N–H and O–H groups in total. The summed E-state index contributed by atoms with van der Waals surface area (Å²) >= 11 is 0. The lowest BCUT2D eigenvalue weighted by atomic mass is 10.0. The zero-order valence-electron chi connectivity index (χ0n) is 11.1. The average molecular weight is 256 g/mol. The summed E-state index contributed by atoms with van der Waals surface area (Å²) in [5, 5.41) is 17.5. The van der Waals surface area contributed by atoms with E-state index in [9.17, 15) is 9.59 Å². The van der Waals surface area contributed by atoms with Crippen LogP contribution in [0.4, 0.5) is 0 Å². The quantitative estimate of drug-likeness (QED) is 0.438. The van der Waals surface area contributed by atoms with Crippen molar-refractivity contribution in [2.75, 3.05) is 0 Å². The van der Waals surface area contributed by atoms with E-state index < -0.39 is 17.9 Å². The fraction of sp³-hybridized carbons (Fsp3) is 0.714. The Bertz CT molecular complexity index is 271. The van der Waals surface area contributed by atoms with E-state index in [1.54, 1.807) is 6.08 Å². The first-order valence-corrected chi connectivity index (χ1v) is 6.69. The van der Waals surface area contributed by atoms with Crippen LogP contribution in [0, 0.1) is 5.92 Å². The van der Waals surface area contributed by atoms with Gasteiger partial charge in [-0.05, 0) is 25.7 Å². The molecule has 0 amide bonds. The molecule has 4 heteroatoms. The molecule has 0 saturated heterocycles. The van der Waals surface area contributed by atoms with Crippen molar-refractivity contribution >= 4 is 11.9 Å². The van der Waals surface area contributed by atoms with E-state index in [-0.39, 0.29) is 6.42 Å². The smallest absolute Gasteiger partial charge is 0.310 e.